The van der Waals surface area contributed by atoms with Gasteiger partial charge in [0.15, 0.2) is 5.12 Å². The SMILES string of the molecule is CCCCCC(=O)NCCSC(=O)C(C)C(O)CCC. The molecule has 0 aromatic rings. The Morgan fingerprint density at radius 3 is 2.50 bits per heavy atom. The highest BCUT2D eigenvalue weighted by molar-refractivity contribution is 8.13. The van der Waals surface area contributed by atoms with E-state index in [-0.39, 0.29) is 16.9 Å². The quantitative estimate of drug-likeness (QED) is 0.576. The first-order valence-electron chi connectivity index (χ1n) is 7.64. The summed E-state index contributed by atoms with van der Waals surface area (Å²) in [5.41, 5.74) is 0. The lowest BCUT2D eigenvalue weighted by atomic mass is 10.0. The molecule has 0 spiro atoms. The van der Waals surface area contributed by atoms with Gasteiger partial charge in [0.1, 0.15) is 0 Å². The third-order valence-corrected chi connectivity index (χ3v) is 4.27. The molecule has 0 saturated carbocycles. The van der Waals surface area contributed by atoms with Crippen molar-refractivity contribution in [3.63, 3.8) is 0 Å². The average molecular weight is 303 g/mol. The van der Waals surface area contributed by atoms with Crippen molar-refractivity contribution in [1.29, 1.82) is 0 Å². The van der Waals surface area contributed by atoms with Crippen molar-refractivity contribution in [2.75, 3.05) is 12.3 Å². The molecule has 0 rings (SSSR count). The van der Waals surface area contributed by atoms with Crippen LogP contribution < -0.4 is 5.32 Å². The van der Waals surface area contributed by atoms with Gasteiger partial charge in [-0.3, -0.25) is 9.59 Å². The second-order valence-corrected chi connectivity index (χ2v) is 6.22. The highest BCUT2D eigenvalue weighted by Crippen LogP contribution is 2.17. The van der Waals surface area contributed by atoms with Gasteiger partial charge in [-0.05, 0) is 12.8 Å². The topological polar surface area (TPSA) is 66.4 Å². The molecule has 0 bridgehead atoms. The molecule has 4 nitrogen and oxygen atoms in total. The Morgan fingerprint density at radius 1 is 1.20 bits per heavy atom. The number of hydrogen-bond donors (Lipinski definition) is 2. The van der Waals surface area contributed by atoms with Gasteiger partial charge < -0.3 is 10.4 Å². The van der Waals surface area contributed by atoms with Crippen LogP contribution in [0.25, 0.3) is 0 Å². The zero-order chi connectivity index (χ0) is 15.4. The van der Waals surface area contributed by atoms with Crippen molar-refractivity contribution in [3.05, 3.63) is 0 Å². The van der Waals surface area contributed by atoms with Gasteiger partial charge in [-0.1, -0.05) is 51.8 Å². The van der Waals surface area contributed by atoms with E-state index in [2.05, 4.69) is 12.2 Å². The van der Waals surface area contributed by atoms with Crippen LogP contribution in [-0.2, 0) is 9.59 Å². The minimum atomic E-state index is -0.552. The van der Waals surface area contributed by atoms with Crippen molar-refractivity contribution >= 4 is 22.8 Å². The van der Waals surface area contributed by atoms with E-state index in [1.54, 1.807) is 6.92 Å². The summed E-state index contributed by atoms with van der Waals surface area (Å²) in [5, 5.41) is 12.6. The van der Waals surface area contributed by atoms with E-state index in [4.69, 9.17) is 0 Å². The lowest BCUT2D eigenvalue weighted by Gasteiger charge is -2.16. The van der Waals surface area contributed by atoms with E-state index >= 15 is 0 Å². The first-order valence-corrected chi connectivity index (χ1v) is 8.62. The third-order valence-electron chi connectivity index (χ3n) is 3.21. The van der Waals surface area contributed by atoms with Crippen molar-refractivity contribution in [2.45, 2.75) is 65.4 Å². The number of carbonyl (C=O) groups excluding carboxylic acids is 2. The van der Waals surface area contributed by atoms with Crippen LogP contribution in [0.3, 0.4) is 0 Å². The molecule has 0 aliphatic carbocycles. The number of amides is 1. The number of thioether (sulfide) groups is 1. The minimum Gasteiger partial charge on any atom is -0.392 e. The van der Waals surface area contributed by atoms with Gasteiger partial charge >= 0.3 is 0 Å². The first-order chi connectivity index (χ1) is 9.52. The van der Waals surface area contributed by atoms with E-state index in [9.17, 15) is 14.7 Å². The van der Waals surface area contributed by atoms with E-state index in [1.807, 2.05) is 6.92 Å². The maximum atomic E-state index is 11.8. The normalized spacial score (nSPS) is 13.8. The zero-order valence-corrected chi connectivity index (χ0v) is 13.8. The minimum absolute atomic E-state index is 0.00572. The van der Waals surface area contributed by atoms with Crippen LogP contribution in [0, 0.1) is 5.92 Å². The number of aliphatic hydroxyl groups is 1. The number of nitrogens with one attached hydrogen (secondary N) is 1. The van der Waals surface area contributed by atoms with Gasteiger partial charge in [-0.15, -0.1) is 0 Å². The van der Waals surface area contributed by atoms with E-state index < -0.39 is 6.10 Å². The predicted octanol–water partition coefficient (Wildman–Crippen LogP) is 2.74. The van der Waals surface area contributed by atoms with Crippen LogP contribution in [0.2, 0.25) is 0 Å². The fraction of sp³-hybridized carbons (Fsp3) is 0.867. The Hall–Kier alpha value is -0.550. The summed E-state index contributed by atoms with van der Waals surface area (Å²) in [7, 11) is 0. The molecule has 20 heavy (non-hydrogen) atoms. The molecule has 5 heteroatoms. The lowest BCUT2D eigenvalue weighted by Crippen LogP contribution is -2.27. The fourth-order valence-electron chi connectivity index (χ4n) is 1.80. The van der Waals surface area contributed by atoms with Crippen LogP contribution >= 0.6 is 11.8 Å². The highest BCUT2D eigenvalue weighted by atomic mass is 32.2. The van der Waals surface area contributed by atoms with Gasteiger partial charge in [0.2, 0.25) is 5.91 Å². The Balaban J connectivity index is 3.68. The summed E-state index contributed by atoms with van der Waals surface area (Å²) in [6, 6.07) is 0. The summed E-state index contributed by atoms with van der Waals surface area (Å²) >= 11 is 1.20. The van der Waals surface area contributed by atoms with Gasteiger partial charge in [-0.25, -0.2) is 0 Å². The largest absolute Gasteiger partial charge is 0.392 e. The summed E-state index contributed by atoms with van der Waals surface area (Å²) in [6.45, 7) is 6.37. The van der Waals surface area contributed by atoms with Gasteiger partial charge in [0.25, 0.3) is 0 Å². The summed E-state index contributed by atoms with van der Waals surface area (Å²) in [4.78, 5) is 23.2. The van der Waals surface area contributed by atoms with Crippen LogP contribution in [0.5, 0.6) is 0 Å². The third kappa shape index (κ3) is 9.37. The van der Waals surface area contributed by atoms with Gasteiger partial charge in [0.05, 0.1) is 12.0 Å². The number of unbranched alkanes of at least 4 members (excludes halogenated alkanes) is 2. The summed E-state index contributed by atoms with van der Waals surface area (Å²) in [5.74, 6) is 0.299. The molecule has 2 unspecified atom stereocenters. The Kier molecular flexibility index (Phi) is 11.9. The molecular formula is C15H29NO3S. The summed E-state index contributed by atoms with van der Waals surface area (Å²) in [6.07, 6.45) is 4.65. The lowest BCUT2D eigenvalue weighted by molar-refractivity contribution is -0.121. The molecule has 2 N–H and O–H groups in total. The predicted molar refractivity (Wildman–Crippen MR) is 84.7 cm³/mol. The molecule has 0 aliphatic heterocycles. The average Bonchev–Trinajstić information content (AvgIpc) is 2.43. The molecular weight excluding hydrogens is 274 g/mol. The smallest absolute Gasteiger partial charge is 0.220 e. The van der Waals surface area contributed by atoms with Crippen LogP contribution in [-0.4, -0.2) is 34.5 Å². The maximum absolute atomic E-state index is 11.8. The number of rotatable bonds is 11. The number of carbonyl (C=O) groups is 2. The van der Waals surface area contributed by atoms with Crippen molar-refractivity contribution in [2.24, 2.45) is 5.92 Å². The van der Waals surface area contributed by atoms with Gasteiger partial charge in [0, 0.05) is 18.7 Å². The molecule has 2 atom stereocenters. The van der Waals surface area contributed by atoms with E-state index in [0.29, 0.717) is 25.1 Å². The molecule has 0 aliphatic rings. The maximum Gasteiger partial charge on any atom is 0.220 e. The van der Waals surface area contributed by atoms with E-state index in [0.717, 1.165) is 25.7 Å². The van der Waals surface area contributed by atoms with Crippen LogP contribution in [0.1, 0.15) is 59.3 Å². The molecule has 0 radical (unpaired) electrons. The van der Waals surface area contributed by atoms with E-state index in [1.165, 1.54) is 11.8 Å². The molecule has 0 saturated heterocycles. The second kappa shape index (κ2) is 12.2. The second-order valence-electron chi connectivity index (χ2n) is 5.12. The van der Waals surface area contributed by atoms with Crippen LogP contribution in [0.4, 0.5) is 0 Å². The first kappa shape index (κ1) is 19.4. The summed E-state index contributed by atoms with van der Waals surface area (Å²) < 4.78 is 0. The highest BCUT2D eigenvalue weighted by Gasteiger charge is 2.21. The molecule has 0 heterocycles. The number of hydrogen-bond acceptors (Lipinski definition) is 4. The molecule has 0 aromatic carbocycles. The Labute approximate surface area is 127 Å². The fourth-order valence-corrected chi connectivity index (χ4v) is 2.63. The zero-order valence-electron chi connectivity index (χ0n) is 13.0. The molecule has 0 aromatic heterocycles. The van der Waals surface area contributed by atoms with Gasteiger partial charge in [-0.2, -0.15) is 0 Å². The van der Waals surface area contributed by atoms with Crippen molar-refractivity contribution in [3.8, 4) is 0 Å². The monoisotopic (exact) mass is 303 g/mol. The standard InChI is InChI=1S/C15H29NO3S/c1-4-6-7-9-14(18)16-10-11-20-15(19)12(3)13(17)8-5-2/h12-13,17H,4-11H2,1-3H3,(H,16,18). The van der Waals surface area contributed by atoms with Crippen molar-refractivity contribution < 1.29 is 14.7 Å². The molecule has 0 fully saturated rings. The van der Waals surface area contributed by atoms with Crippen LogP contribution in [0.15, 0.2) is 0 Å². The molecule has 1 amide bonds. The molecule has 118 valence electrons. The Bertz CT molecular complexity index is 284. The number of aliphatic hydroxyl groups excluding tert-OH is 1. The Morgan fingerprint density at radius 2 is 1.90 bits per heavy atom. The van der Waals surface area contributed by atoms with Crippen molar-refractivity contribution in [1.82, 2.24) is 5.32 Å².